The molecule has 0 radical (unpaired) electrons. The number of nitrogens with one attached hydrogen (secondary N) is 1. The molecule has 1 aromatic carbocycles. The van der Waals surface area contributed by atoms with E-state index in [0.717, 1.165) is 28.2 Å². The summed E-state index contributed by atoms with van der Waals surface area (Å²) >= 11 is 0. The van der Waals surface area contributed by atoms with Crippen LogP contribution in [0.15, 0.2) is 35.4 Å². The minimum Gasteiger partial charge on any atom is -0.622 e. The maximum Gasteiger partial charge on any atom is 0.332 e. The molecule has 1 heterocycles. The summed E-state index contributed by atoms with van der Waals surface area (Å²) in [5.41, 5.74) is 6.67. The predicted molar refractivity (Wildman–Crippen MR) is 93.2 cm³/mol. The summed E-state index contributed by atoms with van der Waals surface area (Å²) < 4.78 is 0.850. The number of urea groups is 1. The van der Waals surface area contributed by atoms with Gasteiger partial charge in [0.25, 0.3) is 5.66 Å². The monoisotopic (exact) mass is 345 g/mol. The van der Waals surface area contributed by atoms with E-state index in [0.29, 0.717) is 24.3 Å². The number of primary amides is 1. The van der Waals surface area contributed by atoms with Crippen LogP contribution < -0.4 is 11.2 Å². The third-order valence-corrected chi connectivity index (χ3v) is 5.00. The van der Waals surface area contributed by atoms with Gasteiger partial charge >= 0.3 is 6.03 Å². The van der Waals surface area contributed by atoms with E-state index in [9.17, 15) is 15.2 Å². The second kappa shape index (κ2) is 6.12. The van der Waals surface area contributed by atoms with Crippen molar-refractivity contribution in [2.45, 2.75) is 50.7 Å². The molecule has 1 spiro atoms. The zero-order valence-electron chi connectivity index (χ0n) is 14.4. The number of hydroxylamine groups is 3. The standard InChI is InChI=1S/C17H23N5O3/c1-16(2)14(12-8-4-3-5-9-12)21(24)17(22(16)25)11-7-6-10-13(17)19-20-15(18)23/h3-5,8-9,25H,6-7,10-11H2,1-2H3,(H3,18,20,23)/b19-13-/t17-/m1/s1. The molecule has 0 aromatic heterocycles. The van der Waals surface area contributed by atoms with Crippen LogP contribution in [0.25, 0.3) is 0 Å². The fraction of sp³-hybridized carbons (Fsp3) is 0.471. The Hall–Kier alpha value is -2.45. The van der Waals surface area contributed by atoms with Crippen LogP contribution in [0.5, 0.6) is 0 Å². The average molecular weight is 345 g/mol. The van der Waals surface area contributed by atoms with Crippen molar-refractivity contribution in [2.75, 3.05) is 0 Å². The van der Waals surface area contributed by atoms with Gasteiger partial charge in [-0.25, -0.2) is 10.2 Å². The Labute approximate surface area is 146 Å². The van der Waals surface area contributed by atoms with Crippen molar-refractivity contribution in [3.05, 3.63) is 41.1 Å². The first-order valence-electron chi connectivity index (χ1n) is 8.33. The van der Waals surface area contributed by atoms with Gasteiger partial charge in [-0.3, -0.25) is 0 Å². The van der Waals surface area contributed by atoms with E-state index >= 15 is 0 Å². The van der Waals surface area contributed by atoms with Gasteiger partial charge in [0.2, 0.25) is 5.71 Å². The maximum atomic E-state index is 13.4. The number of rotatable bonds is 2. The van der Waals surface area contributed by atoms with Crippen LogP contribution in [0.3, 0.4) is 0 Å². The molecule has 2 amide bonds. The zero-order valence-corrected chi connectivity index (χ0v) is 14.4. The van der Waals surface area contributed by atoms with Gasteiger partial charge in [0, 0.05) is 12.0 Å². The second-order valence-electron chi connectivity index (χ2n) is 6.94. The summed E-state index contributed by atoms with van der Waals surface area (Å²) in [6, 6.07) is 8.46. The number of hydrogen-bond donors (Lipinski definition) is 3. The highest BCUT2D eigenvalue weighted by atomic mass is 16.6. The van der Waals surface area contributed by atoms with Crippen molar-refractivity contribution in [2.24, 2.45) is 10.8 Å². The van der Waals surface area contributed by atoms with Crippen molar-refractivity contribution in [1.82, 2.24) is 10.5 Å². The smallest absolute Gasteiger partial charge is 0.332 e. The quantitative estimate of drug-likeness (QED) is 0.430. The molecule has 134 valence electrons. The van der Waals surface area contributed by atoms with Crippen LogP contribution in [0, 0.1) is 5.21 Å². The first-order valence-corrected chi connectivity index (χ1v) is 8.33. The molecule has 8 heteroatoms. The van der Waals surface area contributed by atoms with Gasteiger partial charge in [-0.2, -0.15) is 9.84 Å². The Balaban J connectivity index is 2.18. The van der Waals surface area contributed by atoms with Gasteiger partial charge < -0.3 is 16.1 Å². The van der Waals surface area contributed by atoms with Gasteiger partial charge in [0.05, 0.1) is 0 Å². The first kappa shape index (κ1) is 17.4. The largest absolute Gasteiger partial charge is 0.622 e. The number of benzene rings is 1. The van der Waals surface area contributed by atoms with Crippen LogP contribution >= 0.6 is 0 Å². The molecule has 1 fully saturated rings. The summed E-state index contributed by atoms with van der Waals surface area (Å²) in [4.78, 5) is 11.1. The Morgan fingerprint density at radius 3 is 2.68 bits per heavy atom. The van der Waals surface area contributed by atoms with E-state index in [4.69, 9.17) is 5.73 Å². The fourth-order valence-corrected chi connectivity index (χ4v) is 3.87. The molecule has 0 bridgehead atoms. The van der Waals surface area contributed by atoms with Crippen molar-refractivity contribution in [1.29, 1.82) is 0 Å². The molecule has 1 saturated carbocycles. The Bertz CT molecular complexity index is 744. The lowest BCUT2D eigenvalue weighted by Gasteiger charge is -2.38. The third-order valence-electron chi connectivity index (χ3n) is 5.00. The molecule has 25 heavy (non-hydrogen) atoms. The number of hydrazone groups is 1. The molecule has 1 atom stereocenters. The number of carbonyl (C=O) groups excluding carboxylic acids is 1. The molecular formula is C17H23N5O3. The fourth-order valence-electron chi connectivity index (χ4n) is 3.87. The molecule has 0 saturated heterocycles. The first-order chi connectivity index (χ1) is 11.8. The molecule has 8 nitrogen and oxygen atoms in total. The Morgan fingerprint density at radius 2 is 2.04 bits per heavy atom. The van der Waals surface area contributed by atoms with Crippen LogP contribution in [0.4, 0.5) is 4.79 Å². The zero-order chi connectivity index (χ0) is 18.2. The van der Waals surface area contributed by atoms with Crippen molar-refractivity contribution in [3.8, 4) is 0 Å². The van der Waals surface area contributed by atoms with E-state index in [1.165, 1.54) is 0 Å². The maximum absolute atomic E-state index is 13.4. The number of amides is 2. The molecule has 3 rings (SSSR count). The molecule has 1 aliphatic carbocycles. The SMILES string of the molecule is CC1(C)C(c2ccccc2)=[N+]([O-])[C@]2(CCCC/C2=N/NC(N)=O)N1O. The lowest BCUT2D eigenvalue weighted by Crippen LogP contribution is -2.61. The van der Waals surface area contributed by atoms with Gasteiger partial charge in [-0.05, 0) is 45.2 Å². The highest BCUT2D eigenvalue weighted by Crippen LogP contribution is 2.42. The number of nitrogens with zero attached hydrogens (tertiary/aromatic N) is 3. The lowest BCUT2D eigenvalue weighted by atomic mass is 9.86. The second-order valence-corrected chi connectivity index (χ2v) is 6.94. The highest BCUT2D eigenvalue weighted by Gasteiger charge is 2.65. The minimum absolute atomic E-state index is 0.409. The van der Waals surface area contributed by atoms with Crippen LogP contribution in [-0.2, 0) is 0 Å². The Morgan fingerprint density at radius 1 is 1.36 bits per heavy atom. The highest BCUT2D eigenvalue weighted by molar-refractivity contribution is 6.07. The van der Waals surface area contributed by atoms with Crippen molar-refractivity contribution >= 4 is 17.5 Å². The molecule has 4 N–H and O–H groups in total. The van der Waals surface area contributed by atoms with Gasteiger partial charge in [0.1, 0.15) is 11.3 Å². The average Bonchev–Trinajstić information content (AvgIpc) is 2.73. The third kappa shape index (κ3) is 2.58. The van der Waals surface area contributed by atoms with E-state index in [-0.39, 0.29) is 0 Å². The van der Waals surface area contributed by atoms with E-state index in [1.54, 1.807) is 13.8 Å². The van der Waals surface area contributed by atoms with Gasteiger partial charge in [0.15, 0.2) is 0 Å². The number of hydrogen-bond acceptors (Lipinski definition) is 5. The summed E-state index contributed by atoms with van der Waals surface area (Å²) in [5, 5.41) is 29.6. The molecule has 1 aromatic rings. The van der Waals surface area contributed by atoms with Crippen LogP contribution in [0.2, 0.25) is 0 Å². The normalized spacial score (nSPS) is 27.9. The van der Waals surface area contributed by atoms with E-state index < -0.39 is 17.2 Å². The van der Waals surface area contributed by atoms with Crippen molar-refractivity contribution < 1.29 is 14.7 Å². The van der Waals surface area contributed by atoms with E-state index in [1.807, 2.05) is 30.3 Å². The summed E-state index contributed by atoms with van der Waals surface area (Å²) in [7, 11) is 0. The predicted octanol–water partition coefficient (Wildman–Crippen LogP) is 1.76. The topological polar surface area (TPSA) is 117 Å². The number of nitrogens with two attached hydrogens (primary N) is 1. The lowest BCUT2D eigenvalue weighted by molar-refractivity contribution is -0.568. The van der Waals surface area contributed by atoms with E-state index in [2.05, 4.69) is 10.5 Å². The summed E-state index contributed by atoms with van der Waals surface area (Å²) in [5.74, 6) is 0. The summed E-state index contributed by atoms with van der Waals surface area (Å²) in [6.07, 6.45) is 2.49. The van der Waals surface area contributed by atoms with Crippen LogP contribution in [0.1, 0.15) is 45.1 Å². The minimum atomic E-state index is -1.34. The molecule has 2 aliphatic rings. The molecule has 1 aliphatic heterocycles. The summed E-state index contributed by atoms with van der Waals surface area (Å²) in [6.45, 7) is 3.59. The van der Waals surface area contributed by atoms with Gasteiger partial charge in [-0.1, -0.05) is 18.2 Å². The molecule has 0 unspecified atom stereocenters. The number of carbonyl (C=O) groups is 1. The molecular weight excluding hydrogens is 322 g/mol. The van der Waals surface area contributed by atoms with Crippen molar-refractivity contribution in [3.63, 3.8) is 0 Å². The van der Waals surface area contributed by atoms with Crippen LogP contribution in [-0.4, -0.2) is 43.7 Å². The Kier molecular flexibility index (Phi) is 4.26. The van der Waals surface area contributed by atoms with Gasteiger partial charge in [-0.15, -0.1) is 5.06 Å².